The van der Waals surface area contributed by atoms with Gasteiger partial charge < -0.3 is 14.0 Å². The van der Waals surface area contributed by atoms with E-state index >= 15 is 0 Å². The van der Waals surface area contributed by atoms with E-state index < -0.39 is 17.2 Å². The standard InChI is InChI=1S/C26H25ClN2O2.C10H11BrClNO2/c1-26(2,3)31-25(30)22-15-24(27)28-16-21(22)14-19-9-10-23-20(13-19)11-12-29(23)17-18-7-5-4-6-8-18;1-10(2,3)15-9(14)6-4-8(12)13-5-7(6)11/h4-13,15-16H,14,17H2,1-3H3;4-5H,1-3H3. The summed E-state index contributed by atoms with van der Waals surface area (Å²) in [5.74, 6) is -0.805. The number of carbonyl (C=O) groups excluding carboxylic acids is 2. The van der Waals surface area contributed by atoms with Crippen molar-refractivity contribution in [3.63, 3.8) is 0 Å². The number of benzene rings is 2. The number of halogens is 3. The Hall–Kier alpha value is -3.72. The number of hydrogen-bond acceptors (Lipinski definition) is 6. The summed E-state index contributed by atoms with van der Waals surface area (Å²) in [5, 5.41) is 1.70. The lowest BCUT2D eigenvalue weighted by atomic mass is 10.0. The average molecular weight is 726 g/mol. The first-order valence-electron chi connectivity index (χ1n) is 14.6. The molecule has 0 aliphatic heterocycles. The highest BCUT2D eigenvalue weighted by Gasteiger charge is 2.22. The smallest absolute Gasteiger partial charge is 0.339 e. The largest absolute Gasteiger partial charge is 0.456 e. The van der Waals surface area contributed by atoms with E-state index in [-0.39, 0.29) is 16.3 Å². The number of hydrogen-bond donors (Lipinski definition) is 0. The summed E-state index contributed by atoms with van der Waals surface area (Å²) in [7, 11) is 0. The molecule has 0 atom stereocenters. The van der Waals surface area contributed by atoms with Gasteiger partial charge in [0.05, 0.1) is 15.6 Å². The van der Waals surface area contributed by atoms with Gasteiger partial charge in [0.1, 0.15) is 21.5 Å². The van der Waals surface area contributed by atoms with E-state index in [9.17, 15) is 9.59 Å². The Kier molecular flexibility index (Phi) is 11.3. The van der Waals surface area contributed by atoms with Gasteiger partial charge in [0.2, 0.25) is 0 Å². The molecular weight excluding hydrogens is 689 g/mol. The third kappa shape index (κ3) is 10.1. The van der Waals surface area contributed by atoms with Crippen LogP contribution in [-0.2, 0) is 22.4 Å². The molecule has 0 aliphatic rings. The molecular formula is C36H36BrCl2N3O4. The van der Waals surface area contributed by atoms with Gasteiger partial charge >= 0.3 is 11.9 Å². The quantitative estimate of drug-likeness (QED) is 0.128. The summed E-state index contributed by atoms with van der Waals surface area (Å²) in [4.78, 5) is 32.4. The SMILES string of the molecule is CC(C)(C)OC(=O)c1cc(Cl)ncc1Br.CC(C)(C)OC(=O)c1cc(Cl)ncc1Cc1ccc2c(ccn2Cc2ccccc2)c1. The number of ether oxygens (including phenoxy) is 2. The fourth-order valence-corrected chi connectivity index (χ4v) is 5.22. The van der Waals surface area contributed by atoms with Crippen LogP contribution in [0.15, 0.2) is 89.8 Å². The highest BCUT2D eigenvalue weighted by molar-refractivity contribution is 9.10. The van der Waals surface area contributed by atoms with Gasteiger partial charge in [-0.3, -0.25) is 0 Å². The first kappa shape index (κ1) is 35.1. The van der Waals surface area contributed by atoms with Crippen molar-refractivity contribution >= 4 is 62.0 Å². The first-order chi connectivity index (χ1) is 21.6. The van der Waals surface area contributed by atoms with Crippen LogP contribution in [0.2, 0.25) is 10.3 Å². The maximum Gasteiger partial charge on any atom is 0.339 e. The highest BCUT2D eigenvalue weighted by Crippen LogP contribution is 2.25. The van der Waals surface area contributed by atoms with Crippen LogP contribution in [0.25, 0.3) is 10.9 Å². The maximum absolute atomic E-state index is 12.7. The van der Waals surface area contributed by atoms with Crippen LogP contribution in [0, 0.1) is 0 Å². The second-order valence-corrected chi connectivity index (χ2v) is 14.3. The Bertz CT molecular complexity index is 1840. The molecule has 3 aromatic heterocycles. The molecule has 7 nitrogen and oxygen atoms in total. The molecule has 0 aliphatic carbocycles. The van der Waals surface area contributed by atoms with Crippen molar-refractivity contribution in [2.75, 3.05) is 0 Å². The molecule has 5 aromatic rings. The van der Waals surface area contributed by atoms with Crippen LogP contribution in [0.3, 0.4) is 0 Å². The lowest BCUT2D eigenvalue weighted by molar-refractivity contribution is 0.00558. The van der Waals surface area contributed by atoms with E-state index in [1.807, 2.05) is 47.6 Å². The fraction of sp³-hybridized carbons (Fsp3) is 0.278. The molecule has 0 radical (unpaired) electrons. The Balaban J connectivity index is 0.000000270. The van der Waals surface area contributed by atoms with Crippen molar-refractivity contribution in [3.05, 3.63) is 128 Å². The molecule has 5 rings (SSSR count). The summed E-state index contributed by atoms with van der Waals surface area (Å²) in [6.07, 6.45) is 5.81. The molecule has 0 saturated heterocycles. The van der Waals surface area contributed by atoms with E-state index in [1.54, 1.807) is 12.3 Å². The van der Waals surface area contributed by atoms with Gasteiger partial charge in [-0.05, 0) is 116 Å². The fourth-order valence-electron chi connectivity index (χ4n) is 4.52. The van der Waals surface area contributed by atoms with Crippen LogP contribution in [0.1, 0.15) is 78.9 Å². The lowest BCUT2D eigenvalue weighted by Gasteiger charge is -2.20. The number of rotatable bonds is 6. The molecule has 0 amide bonds. The zero-order valence-corrected chi connectivity index (χ0v) is 29.7. The lowest BCUT2D eigenvalue weighted by Crippen LogP contribution is -2.24. The Morgan fingerprint density at radius 3 is 1.98 bits per heavy atom. The molecule has 0 N–H and O–H groups in total. The Morgan fingerprint density at radius 2 is 1.35 bits per heavy atom. The molecule has 46 heavy (non-hydrogen) atoms. The van der Waals surface area contributed by atoms with Crippen LogP contribution >= 0.6 is 39.1 Å². The molecule has 0 bridgehead atoms. The van der Waals surface area contributed by atoms with E-state index in [0.717, 1.165) is 23.1 Å². The van der Waals surface area contributed by atoms with Crippen molar-refractivity contribution in [3.8, 4) is 0 Å². The average Bonchev–Trinajstić information content (AvgIpc) is 3.36. The van der Waals surface area contributed by atoms with E-state index in [1.165, 1.54) is 23.3 Å². The molecule has 240 valence electrons. The highest BCUT2D eigenvalue weighted by atomic mass is 79.9. The van der Waals surface area contributed by atoms with Gasteiger partial charge in [-0.2, -0.15) is 0 Å². The van der Waals surface area contributed by atoms with Gasteiger partial charge in [0, 0.05) is 30.7 Å². The summed E-state index contributed by atoms with van der Waals surface area (Å²) in [5.41, 5.74) is 4.06. The second-order valence-electron chi connectivity index (χ2n) is 12.7. The minimum absolute atomic E-state index is 0.263. The topological polar surface area (TPSA) is 83.3 Å². The minimum Gasteiger partial charge on any atom is -0.456 e. The summed E-state index contributed by atoms with van der Waals surface area (Å²) in [6.45, 7) is 11.8. The van der Waals surface area contributed by atoms with Crippen molar-refractivity contribution in [1.29, 1.82) is 0 Å². The van der Waals surface area contributed by atoms with Crippen molar-refractivity contribution < 1.29 is 19.1 Å². The van der Waals surface area contributed by atoms with Gasteiger partial charge in [0.25, 0.3) is 0 Å². The van der Waals surface area contributed by atoms with Gasteiger partial charge in [-0.15, -0.1) is 0 Å². The number of esters is 2. The zero-order valence-electron chi connectivity index (χ0n) is 26.6. The van der Waals surface area contributed by atoms with Gasteiger partial charge in [0.15, 0.2) is 0 Å². The number of aromatic nitrogens is 3. The molecule has 0 spiro atoms. The second kappa shape index (κ2) is 14.8. The molecule has 0 unspecified atom stereocenters. The Morgan fingerprint density at radius 1 is 0.761 bits per heavy atom. The zero-order chi connectivity index (χ0) is 33.6. The predicted molar refractivity (Wildman–Crippen MR) is 187 cm³/mol. The number of nitrogens with zero attached hydrogens (tertiary/aromatic N) is 3. The monoisotopic (exact) mass is 723 g/mol. The molecule has 0 saturated carbocycles. The van der Waals surface area contributed by atoms with Gasteiger partial charge in [-0.25, -0.2) is 19.6 Å². The molecule has 10 heteroatoms. The van der Waals surface area contributed by atoms with Crippen LogP contribution in [0.4, 0.5) is 0 Å². The molecule has 3 heterocycles. The van der Waals surface area contributed by atoms with Crippen LogP contribution in [0.5, 0.6) is 0 Å². The summed E-state index contributed by atoms with van der Waals surface area (Å²) < 4.78 is 13.6. The summed E-state index contributed by atoms with van der Waals surface area (Å²) >= 11 is 15.0. The third-order valence-electron chi connectivity index (χ3n) is 6.44. The maximum atomic E-state index is 12.7. The summed E-state index contributed by atoms with van der Waals surface area (Å²) in [6, 6.07) is 22.0. The minimum atomic E-state index is -0.579. The predicted octanol–water partition coefficient (Wildman–Crippen LogP) is 9.74. The van der Waals surface area contributed by atoms with Crippen molar-refractivity contribution in [1.82, 2.24) is 14.5 Å². The first-order valence-corrected chi connectivity index (χ1v) is 16.2. The van der Waals surface area contributed by atoms with E-state index in [4.69, 9.17) is 32.7 Å². The van der Waals surface area contributed by atoms with Gasteiger partial charge in [-0.1, -0.05) is 59.6 Å². The molecule has 0 fully saturated rings. The van der Waals surface area contributed by atoms with Crippen molar-refractivity contribution in [2.45, 2.75) is 65.7 Å². The Labute approximate surface area is 288 Å². The number of fused-ring (bicyclic) bond motifs is 1. The van der Waals surface area contributed by atoms with Crippen molar-refractivity contribution in [2.24, 2.45) is 0 Å². The van der Waals surface area contributed by atoms with Crippen LogP contribution in [-0.4, -0.2) is 37.7 Å². The normalized spacial score (nSPS) is 11.5. The number of carbonyl (C=O) groups is 2. The number of pyridine rings is 2. The van der Waals surface area contributed by atoms with E-state index in [2.05, 4.69) is 85.2 Å². The van der Waals surface area contributed by atoms with E-state index in [0.29, 0.717) is 22.0 Å². The third-order valence-corrected chi connectivity index (χ3v) is 7.48. The van der Waals surface area contributed by atoms with Crippen LogP contribution < -0.4 is 0 Å². The molecule has 2 aromatic carbocycles.